The van der Waals surface area contributed by atoms with Crippen LogP contribution in [0.1, 0.15) is 10.4 Å². The SMILES string of the molecule is CSCCNc1ccc([N+](=O)[O-])c(C(=O)O)c1. The molecule has 0 spiro atoms. The molecule has 6 nitrogen and oxygen atoms in total. The Hall–Kier alpha value is -1.76. The van der Waals surface area contributed by atoms with Gasteiger partial charge in [-0.05, 0) is 18.4 Å². The first-order valence-electron chi connectivity index (χ1n) is 4.80. The van der Waals surface area contributed by atoms with Crippen molar-refractivity contribution in [1.29, 1.82) is 0 Å². The van der Waals surface area contributed by atoms with Crippen LogP contribution in [0.3, 0.4) is 0 Å². The van der Waals surface area contributed by atoms with Crippen LogP contribution in [0.4, 0.5) is 11.4 Å². The summed E-state index contributed by atoms with van der Waals surface area (Å²) in [6.07, 6.45) is 1.96. The van der Waals surface area contributed by atoms with Crippen molar-refractivity contribution in [2.24, 2.45) is 0 Å². The molecule has 0 aliphatic heterocycles. The fourth-order valence-corrected chi connectivity index (χ4v) is 1.58. The smallest absolute Gasteiger partial charge is 0.342 e. The average molecular weight is 256 g/mol. The Bertz CT molecular complexity index is 436. The van der Waals surface area contributed by atoms with Gasteiger partial charge in [0.25, 0.3) is 5.69 Å². The van der Waals surface area contributed by atoms with Crippen LogP contribution in [0.25, 0.3) is 0 Å². The summed E-state index contributed by atoms with van der Waals surface area (Å²) in [7, 11) is 0. The van der Waals surface area contributed by atoms with E-state index < -0.39 is 16.6 Å². The number of nitrogens with zero attached hydrogens (tertiary/aromatic N) is 1. The highest BCUT2D eigenvalue weighted by Crippen LogP contribution is 2.22. The van der Waals surface area contributed by atoms with Crippen molar-refractivity contribution in [1.82, 2.24) is 0 Å². The maximum absolute atomic E-state index is 10.9. The van der Waals surface area contributed by atoms with E-state index in [4.69, 9.17) is 5.11 Å². The maximum atomic E-state index is 10.9. The second kappa shape index (κ2) is 6.09. The lowest BCUT2D eigenvalue weighted by Gasteiger charge is -2.06. The summed E-state index contributed by atoms with van der Waals surface area (Å²) < 4.78 is 0. The minimum atomic E-state index is -1.30. The van der Waals surface area contributed by atoms with Crippen molar-refractivity contribution in [2.45, 2.75) is 0 Å². The second-order valence-electron chi connectivity index (χ2n) is 3.21. The van der Waals surface area contributed by atoms with Crippen LogP contribution in [0.2, 0.25) is 0 Å². The molecule has 17 heavy (non-hydrogen) atoms. The van der Waals surface area contributed by atoms with E-state index in [0.29, 0.717) is 12.2 Å². The molecule has 0 aliphatic carbocycles. The lowest BCUT2D eigenvalue weighted by Crippen LogP contribution is -2.07. The number of carboxylic acids is 1. The number of carbonyl (C=O) groups is 1. The summed E-state index contributed by atoms with van der Waals surface area (Å²) in [6.45, 7) is 0.679. The summed E-state index contributed by atoms with van der Waals surface area (Å²) >= 11 is 1.65. The van der Waals surface area contributed by atoms with Gasteiger partial charge in [-0.25, -0.2) is 4.79 Å². The Morgan fingerprint density at radius 1 is 1.59 bits per heavy atom. The Morgan fingerprint density at radius 3 is 2.82 bits per heavy atom. The fraction of sp³-hybridized carbons (Fsp3) is 0.300. The van der Waals surface area contributed by atoms with Gasteiger partial charge >= 0.3 is 5.97 Å². The molecule has 0 bridgehead atoms. The van der Waals surface area contributed by atoms with Gasteiger partial charge in [0.05, 0.1) is 4.92 Å². The van der Waals surface area contributed by atoms with Crippen LogP contribution in [-0.2, 0) is 0 Å². The zero-order valence-electron chi connectivity index (χ0n) is 9.17. The second-order valence-corrected chi connectivity index (χ2v) is 4.20. The first-order chi connectivity index (χ1) is 8.06. The molecule has 0 heterocycles. The molecule has 7 heteroatoms. The van der Waals surface area contributed by atoms with Gasteiger partial charge < -0.3 is 10.4 Å². The largest absolute Gasteiger partial charge is 0.477 e. The molecule has 0 atom stereocenters. The van der Waals surface area contributed by atoms with Gasteiger partial charge in [-0.15, -0.1) is 0 Å². The van der Waals surface area contributed by atoms with Gasteiger partial charge in [0.2, 0.25) is 0 Å². The number of nitrogens with one attached hydrogen (secondary N) is 1. The van der Waals surface area contributed by atoms with Crippen LogP contribution in [0.5, 0.6) is 0 Å². The van der Waals surface area contributed by atoms with Crippen molar-refractivity contribution >= 4 is 29.1 Å². The molecule has 0 amide bonds. The molecule has 0 saturated carbocycles. The van der Waals surface area contributed by atoms with E-state index in [-0.39, 0.29) is 5.56 Å². The first-order valence-corrected chi connectivity index (χ1v) is 6.20. The number of hydrogen-bond donors (Lipinski definition) is 2. The molecule has 0 unspecified atom stereocenters. The zero-order chi connectivity index (χ0) is 12.8. The molecule has 1 aromatic rings. The van der Waals surface area contributed by atoms with Crippen LogP contribution < -0.4 is 5.32 Å². The summed E-state index contributed by atoms with van der Waals surface area (Å²) in [5.41, 5.74) is -0.126. The van der Waals surface area contributed by atoms with Crippen LogP contribution >= 0.6 is 11.8 Å². The van der Waals surface area contributed by atoms with E-state index in [0.717, 1.165) is 5.75 Å². The van der Waals surface area contributed by atoms with Gasteiger partial charge in [-0.2, -0.15) is 11.8 Å². The van der Waals surface area contributed by atoms with Crippen molar-refractivity contribution in [2.75, 3.05) is 23.9 Å². The van der Waals surface area contributed by atoms with Gasteiger partial charge in [0, 0.05) is 24.1 Å². The van der Waals surface area contributed by atoms with E-state index in [2.05, 4.69) is 5.32 Å². The van der Waals surface area contributed by atoms with Crippen LogP contribution in [-0.4, -0.2) is 34.6 Å². The summed E-state index contributed by atoms with van der Waals surface area (Å²) in [5.74, 6) is -0.426. The number of hydrogen-bond acceptors (Lipinski definition) is 5. The number of anilines is 1. The minimum Gasteiger partial charge on any atom is -0.477 e. The highest BCUT2D eigenvalue weighted by Gasteiger charge is 2.19. The lowest BCUT2D eigenvalue weighted by molar-refractivity contribution is -0.385. The number of thioether (sulfide) groups is 1. The Balaban J connectivity index is 2.94. The molecule has 92 valence electrons. The van der Waals surface area contributed by atoms with Crippen molar-refractivity contribution in [3.63, 3.8) is 0 Å². The fourth-order valence-electron chi connectivity index (χ4n) is 1.27. The number of benzene rings is 1. The molecule has 1 aromatic carbocycles. The Morgan fingerprint density at radius 2 is 2.29 bits per heavy atom. The molecular formula is C10H12N2O4S. The summed E-state index contributed by atoms with van der Waals surface area (Å²) in [5, 5.41) is 22.5. The monoisotopic (exact) mass is 256 g/mol. The van der Waals surface area contributed by atoms with E-state index in [9.17, 15) is 14.9 Å². The van der Waals surface area contributed by atoms with Crippen molar-refractivity contribution in [3.05, 3.63) is 33.9 Å². The number of aromatic carboxylic acids is 1. The van der Waals surface area contributed by atoms with Gasteiger partial charge in [0.15, 0.2) is 0 Å². The van der Waals surface area contributed by atoms with E-state index in [1.807, 2.05) is 6.26 Å². The third-order valence-corrected chi connectivity index (χ3v) is 2.67. The van der Waals surface area contributed by atoms with Crippen molar-refractivity contribution in [3.8, 4) is 0 Å². The van der Waals surface area contributed by atoms with E-state index in [1.54, 1.807) is 11.8 Å². The molecule has 0 saturated heterocycles. The molecule has 1 rings (SSSR count). The predicted octanol–water partition coefficient (Wildman–Crippen LogP) is 2.07. The van der Waals surface area contributed by atoms with Gasteiger partial charge in [-0.1, -0.05) is 0 Å². The lowest BCUT2D eigenvalue weighted by atomic mass is 10.1. The molecule has 0 radical (unpaired) electrons. The summed E-state index contributed by atoms with van der Waals surface area (Å²) in [6, 6.07) is 3.98. The maximum Gasteiger partial charge on any atom is 0.342 e. The number of nitro groups is 1. The normalized spacial score (nSPS) is 9.94. The quantitative estimate of drug-likeness (QED) is 0.460. The molecule has 2 N–H and O–H groups in total. The number of nitro benzene ring substituents is 1. The highest BCUT2D eigenvalue weighted by molar-refractivity contribution is 7.98. The third-order valence-electron chi connectivity index (χ3n) is 2.06. The van der Waals surface area contributed by atoms with Crippen molar-refractivity contribution < 1.29 is 14.8 Å². The predicted molar refractivity (Wildman–Crippen MR) is 66.9 cm³/mol. The topological polar surface area (TPSA) is 92.5 Å². The molecular weight excluding hydrogens is 244 g/mol. The van der Waals surface area contributed by atoms with E-state index in [1.165, 1.54) is 18.2 Å². The van der Waals surface area contributed by atoms with Gasteiger partial charge in [0.1, 0.15) is 5.56 Å². The highest BCUT2D eigenvalue weighted by atomic mass is 32.2. The van der Waals surface area contributed by atoms with Crippen LogP contribution in [0, 0.1) is 10.1 Å². The van der Waals surface area contributed by atoms with Crippen LogP contribution in [0.15, 0.2) is 18.2 Å². The molecule has 0 aliphatic rings. The standard InChI is InChI=1S/C10H12N2O4S/c1-17-5-4-11-7-2-3-9(12(15)16)8(6-7)10(13)14/h2-3,6,11H,4-5H2,1H3,(H,13,14). The minimum absolute atomic E-state index is 0.302. The zero-order valence-corrected chi connectivity index (χ0v) is 9.99. The van der Waals surface area contributed by atoms with Gasteiger partial charge in [-0.3, -0.25) is 10.1 Å². The molecule has 0 aromatic heterocycles. The molecule has 0 fully saturated rings. The number of carboxylic acid groups (broad SMARTS) is 1. The number of rotatable bonds is 6. The van der Waals surface area contributed by atoms with E-state index >= 15 is 0 Å². The first kappa shape index (κ1) is 13.3. The third kappa shape index (κ3) is 3.63. The summed E-state index contributed by atoms with van der Waals surface area (Å²) in [4.78, 5) is 20.8. The average Bonchev–Trinajstić information content (AvgIpc) is 2.29. The Labute approximate surface area is 102 Å². The Kier molecular flexibility index (Phi) is 4.77.